The van der Waals surface area contributed by atoms with Crippen LogP contribution >= 0.6 is 0 Å². The number of pyridine rings is 1. The molecule has 0 spiro atoms. The molecule has 3 amide bonds. The van der Waals surface area contributed by atoms with Crippen LogP contribution in [0.1, 0.15) is 20.8 Å². The molecule has 35 heavy (non-hydrogen) atoms. The van der Waals surface area contributed by atoms with E-state index in [2.05, 4.69) is 20.6 Å². The molecule has 0 atom stereocenters. The van der Waals surface area contributed by atoms with Crippen molar-refractivity contribution < 1.29 is 45.8 Å². The minimum absolute atomic E-state index is 0.161. The smallest absolute Gasteiger partial charge is 0.422 e. The molecule has 0 bridgehead atoms. The number of benzene rings is 1. The number of carbonyl (C=O) groups excluding carboxylic acids is 3. The van der Waals surface area contributed by atoms with Crippen LogP contribution in [0.3, 0.4) is 0 Å². The van der Waals surface area contributed by atoms with Crippen molar-refractivity contribution in [2.24, 2.45) is 0 Å². The lowest BCUT2D eigenvalue weighted by molar-refractivity contribution is -0.153. The summed E-state index contributed by atoms with van der Waals surface area (Å²) >= 11 is 0. The standard InChI is InChI=1S/C19H20F3N5O7S/c20-19(21,22)11-34-13-2-4-14(5-3-13)35(32,33)27-17(30)12-1-6-15(23-9-12)18(31)26-16(29)10-25-24-7-8-28/h1-6,9,24-25,28H,7-8,10-11H2,(H,27,30)(H,26,29,31). The molecule has 1 aromatic heterocycles. The van der Waals surface area contributed by atoms with E-state index < -0.39 is 45.4 Å². The van der Waals surface area contributed by atoms with Gasteiger partial charge in [-0.05, 0) is 36.4 Å². The van der Waals surface area contributed by atoms with Crippen molar-refractivity contribution in [2.45, 2.75) is 11.1 Å². The van der Waals surface area contributed by atoms with Gasteiger partial charge in [0.15, 0.2) is 6.61 Å². The molecule has 0 aliphatic rings. The van der Waals surface area contributed by atoms with E-state index in [1.54, 1.807) is 4.72 Å². The molecular formula is C19H20F3N5O7S. The van der Waals surface area contributed by atoms with E-state index in [4.69, 9.17) is 5.11 Å². The zero-order chi connectivity index (χ0) is 26.1. The van der Waals surface area contributed by atoms with Crippen molar-refractivity contribution in [3.63, 3.8) is 0 Å². The second-order valence-corrected chi connectivity index (χ2v) is 8.31. The highest BCUT2D eigenvalue weighted by molar-refractivity contribution is 7.90. The van der Waals surface area contributed by atoms with Crippen LogP contribution in [0.15, 0.2) is 47.5 Å². The van der Waals surface area contributed by atoms with Gasteiger partial charge in [-0.25, -0.2) is 18.6 Å². The second-order valence-electron chi connectivity index (χ2n) is 6.62. The fraction of sp³-hybridized carbons (Fsp3) is 0.263. The number of halogens is 3. The van der Waals surface area contributed by atoms with Crippen LogP contribution in [0, 0.1) is 0 Å². The maximum atomic E-state index is 12.4. The highest BCUT2D eigenvalue weighted by atomic mass is 32.2. The average Bonchev–Trinajstić information content (AvgIpc) is 2.80. The van der Waals surface area contributed by atoms with Gasteiger partial charge < -0.3 is 9.84 Å². The summed E-state index contributed by atoms with van der Waals surface area (Å²) in [5.74, 6) is -2.88. The van der Waals surface area contributed by atoms with E-state index >= 15 is 0 Å². The maximum Gasteiger partial charge on any atom is 0.422 e. The molecule has 190 valence electrons. The lowest BCUT2D eigenvalue weighted by atomic mass is 10.2. The number of carbonyl (C=O) groups is 3. The zero-order valence-electron chi connectivity index (χ0n) is 17.8. The van der Waals surface area contributed by atoms with Gasteiger partial charge in [0.2, 0.25) is 5.91 Å². The number of hydrogen-bond acceptors (Lipinski definition) is 10. The third-order valence-electron chi connectivity index (χ3n) is 3.89. The second kappa shape index (κ2) is 12.2. The molecule has 1 aromatic carbocycles. The number of aliphatic hydroxyl groups is 1. The Morgan fingerprint density at radius 2 is 1.69 bits per heavy atom. The predicted molar refractivity (Wildman–Crippen MR) is 112 cm³/mol. The Morgan fingerprint density at radius 3 is 2.26 bits per heavy atom. The average molecular weight is 519 g/mol. The van der Waals surface area contributed by atoms with Crippen molar-refractivity contribution in [2.75, 3.05) is 26.3 Å². The fourth-order valence-electron chi connectivity index (χ4n) is 2.30. The third kappa shape index (κ3) is 9.28. The number of hydrogen-bond donors (Lipinski definition) is 5. The number of nitrogens with one attached hydrogen (secondary N) is 4. The summed E-state index contributed by atoms with van der Waals surface area (Å²) in [5.41, 5.74) is 4.52. The predicted octanol–water partition coefficient (Wildman–Crippen LogP) is -0.516. The molecule has 16 heteroatoms. The molecular weight excluding hydrogens is 499 g/mol. The van der Waals surface area contributed by atoms with Gasteiger partial charge in [-0.3, -0.25) is 30.1 Å². The van der Waals surface area contributed by atoms with E-state index in [0.29, 0.717) is 0 Å². The minimum Gasteiger partial charge on any atom is -0.484 e. The first-order valence-corrected chi connectivity index (χ1v) is 11.1. The van der Waals surface area contributed by atoms with Gasteiger partial charge in [0.25, 0.3) is 21.8 Å². The Hall–Kier alpha value is -3.60. The first-order chi connectivity index (χ1) is 16.4. The van der Waals surface area contributed by atoms with Crippen LogP contribution in [0.25, 0.3) is 0 Å². The largest absolute Gasteiger partial charge is 0.484 e. The lowest BCUT2D eigenvalue weighted by Crippen LogP contribution is -2.43. The Morgan fingerprint density at radius 1 is 1.00 bits per heavy atom. The van der Waals surface area contributed by atoms with Crippen LogP contribution in [0.2, 0.25) is 0 Å². The summed E-state index contributed by atoms with van der Waals surface area (Å²) in [7, 11) is -4.38. The van der Waals surface area contributed by atoms with Crippen molar-refractivity contribution in [1.82, 2.24) is 25.9 Å². The summed E-state index contributed by atoms with van der Waals surface area (Å²) in [6.07, 6.45) is -3.65. The van der Waals surface area contributed by atoms with E-state index in [0.717, 1.165) is 42.6 Å². The number of nitrogens with zero attached hydrogens (tertiary/aromatic N) is 1. The number of imide groups is 1. The van der Waals surface area contributed by atoms with Crippen LogP contribution < -0.4 is 25.6 Å². The van der Waals surface area contributed by atoms with Crippen molar-refractivity contribution in [3.8, 4) is 5.75 Å². The topological polar surface area (TPSA) is 176 Å². The number of ether oxygens (including phenoxy) is 1. The normalized spacial score (nSPS) is 11.5. The molecule has 2 rings (SSSR count). The molecule has 12 nitrogen and oxygen atoms in total. The summed E-state index contributed by atoms with van der Waals surface area (Å²) in [4.78, 5) is 39.2. The number of alkyl halides is 3. The van der Waals surface area contributed by atoms with Gasteiger partial charge in [0, 0.05) is 12.7 Å². The van der Waals surface area contributed by atoms with E-state index in [1.165, 1.54) is 0 Å². The number of sulfonamides is 1. The van der Waals surface area contributed by atoms with Gasteiger partial charge in [0.05, 0.1) is 23.6 Å². The molecule has 0 radical (unpaired) electrons. The van der Waals surface area contributed by atoms with E-state index in [-0.39, 0.29) is 36.7 Å². The summed E-state index contributed by atoms with van der Waals surface area (Å²) in [5, 5.41) is 10.6. The van der Waals surface area contributed by atoms with E-state index in [9.17, 15) is 36.0 Å². The Balaban J connectivity index is 1.95. The molecule has 0 saturated carbocycles. The third-order valence-corrected chi connectivity index (χ3v) is 5.23. The maximum absolute atomic E-state index is 12.4. The van der Waals surface area contributed by atoms with Gasteiger partial charge in [-0.15, -0.1) is 0 Å². The van der Waals surface area contributed by atoms with Gasteiger partial charge >= 0.3 is 6.18 Å². The van der Waals surface area contributed by atoms with Crippen LogP contribution in [-0.4, -0.2) is 68.7 Å². The monoisotopic (exact) mass is 519 g/mol. The quantitative estimate of drug-likeness (QED) is 0.192. The molecule has 1 heterocycles. The first-order valence-electron chi connectivity index (χ1n) is 9.65. The molecule has 0 aliphatic carbocycles. The number of rotatable bonds is 11. The first kappa shape index (κ1) is 27.6. The number of hydrazine groups is 1. The number of aliphatic hydroxyl groups excluding tert-OH is 1. The number of amides is 3. The van der Waals surface area contributed by atoms with Crippen LogP contribution in [-0.2, 0) is 14.8 Å². The Labute approximate surface area is 196 Å². The Kier molecular flexibility index (Phi) is 9.64. The van der Waals surface area contributed by atoms with Crippen molar-refractivity contribution >= 4 is 27.7 Å². The molecule has 0 saturated heterocycles. The summed E-state index contributed by atoms with van der Waals surface area (Å²) < 4.78 is 67.5. The highest BCUT2D eigenvalue weighted by Gasteiger charge is 2.28. The minimum atomic E-state index is -4.56. The van der Waals surface area contributed by atoms with Crippen LogP contribution in [0.5, 0.6) is 5.75 Å². The zero-order valence-corrected chi connectivity index (χ0v) is 18.6. The number of aromatic nitrogens is 1. The summed E-state index contributed by atoms with van der Waals surface area (Å²) in [6, 6.07) is 6.11. The SMILES string of the molecule is O=C(CNNCCO)NC(=O)c1ccc(C(=O)NS(=O)(=O)c2ccc(OCC(F)(F)F)cc2)cn1. The lowest BCUT2D eigenvalue weighted by Gasteiger charge is -2.10. The molecule has 0 fully saturated rings. The van der Waals surface area contributed by atoms with E-state index in [1.807, 2.05) is 5.32 Å². The van der Waals surface area contributed by atoms with Crippen molar-refractivity contribution in [1.29, 1.82) is 0 Å². The van der Waals surface area contributed by atoms with Crippen LogP contribution in [0.4, 0.5) is 13.2 Å². The highest BCUT2D eigenvalue weighted by Crippen LogP contribution is 2.20. The molecule has 2 aromatic rings. The van der Waals surface area contributed by atoms with Crippen molar-refractivity contribution in [3.05, 3.63) is 53.9 Å². The molecule has 0 aliphatic heterocycles. The van der Waals surface area contributed by atoms with Gasteiger partial charge in [-0.1, -0.05) is 0 Å². The Bertz CT molecular complexity index is 1140. The fourth-order valence-corrected chi connectivity index (χ4v) is 3.28. The van der Waals surface area contributed by atoms with Gasteiger partial charge in [0.1, 0.15) is 11.4 Å². The summed E-state index contributed by atoms with van der Waals surface area (Å²) in [6.45, 7) is -1.81. The molecule has 0 unspecified atom stereocenters. The van der Waals surface area contributed by atoms with Gasteiger partial charge in [-0.2, -0.15) is 13.2 Å². The molecule has 5 N–H and O–H groups in total.